The molecule has 11 heteroatoms. The molecule has 0 radical (unpaired) electrons. The van der Waals surface area contributed by atoms with Crippen LogP contribution in [-0.4, -0.2) is 74.5 Å². The van der Waals surface area contributed by atoms with E-state index in [4.69, 9.17) is 0 Å². The van der Waals surface area contributed by atoms with E-state index in [0.29, 0.717) is 39.3 Å². The first-order valence-corrected chi connectivity index (χ1v) is 14.1. The normalized spacial score (nSPS) is 10.0. The third-order valence-corrected chi connectivity index (χ3v) is 6.03. The number of amides is 4. The molecular formula is C27H46N6O5. The maximum Gasteiger partial charge on any atom is 0.325 e. The number of aliphatic imine (C=N–C) groups is 3. The summed E-state index contributed by atoms with van der Waals surface area (Å²) in [4.78, 5) is 67.5. The van der Waals surface area contributed by atoms with Gasteiger partial charge in [0.25, 0.3) is 0 Å². The summed E-state index contributed by atoms with van der Waals surface area (Å²) in [7, 11) is 0. The molecule has 0 atom stereocenters. The maximum absolute atomic E-state index is 12.8. The highest BCUT2D eigenvalue weighted by Gasteiger charge is 2.20. The van der Waals surface area contributed by atoms with Gasteiger partial charge in [0.2, 0.25) is 18.2 Å². The lowest BCUT2D eigenvalue weighted by molar-refractivity contribution is 0.184. The van der Waals surface area contributed by atoms with Crippen LogP contribution >= 0.6 is 0 Å². The highest BCUT2D eigenvalue weighted by Crippen LogP contribution is 2.08. The molecule has 38 heavy (non-hydrogen) atoms. The molecule has 0 heterocycles. The zero-order valence-corrected chi connectivity index (χ0v) is 22.9. The second-order valence-electron chi connectivity index (χ2n) is 9.19. The number of unbranched alkanes of at least 4 members (excludes halogenated alkanes) is 13. The van der Waals surface area contributed by atoms with Crippen molar-refractivity contribution >= 4 is 30.3 Å². The van der Waals surface area contributed by atoms with E-state index in [-0.39, 0.29) is 12.1 Å². The summed E-state index contributed by atoms with van der Waals surface area (Å²) in [5, 5.41) is 5.73. The summed E-state index contributed by atoms with van der Waals surface area (Å²) < 4.78 is 0. The van der Waals surface area contributed by atoms with E-state index >= 15 is 0 Å². The van der Waals surface area contributed by atoms with Gasteiger partial charge in [0, 0.05) is 19.6 Å². The summed E-state index contributed by atoms with van der Waals surface area (Å²) >= 11 is 0. The summed E-state index contributed by atoms with van der Waals surface area (Å²) in [5.74, 6) is 0. The van der Waals surface area contributed by atoms with Crippen LogP contribution in [0.15, 0.2) is 15.0 Å². The van der Waals surface area contributed by atoms with Crippen LogP contribution in [0.2, 0.25) is 0 Å². The van der Waals surface area contributed by atoms with E-state index in [1.807, 2.05) is 0 Å². The molecule has 0 saturated carbocycles. The predicted octanol–water partition coefficient (Wildman–Crippen LogP) is 4.96. The minimum absolute atomic E-state index is 0.361. The fourth-order valence-electron chi connectivity index (χ4n) is 3.87. The number of carbonyl (C=O) groups is 2. The summed E-state index contributed by atoms with van der Waals surface area (Å²) in [6.07, 6.45) is 19.4. The van der Waals surface area contributed by atoms with E-state index in [1.54, 1.807) is 12.2 Å². The van der Waals surface area contributed by atoms with Gasteiger partial charge in [0.15, 0.2) is 0 Å². The molecule has 0 fully saturated rings. The number of isocyanates is 3. The van der Waals surface area contributed by atoms with Crippen molar-refractivity contribution in [1.29, 1.82) is 0 Å². The smallest absolute Gasteiger partial charge is 0.325 e. The highest BCUT2D eigenvalue weighted by atomic mass is 16.2. The summed E-state index contributed by atoms with van der Waals surface area (Å²) in [5.41, 5.74) is 0. The van der Waals surface area contributed by atoms with Crippen molar-refractivity contribution in [3.05, 3.63) is 0 Å². The minimum atomic E-state index is -0.377. The largest absolute Gasteiger partial charge is 0.338 e. The molecule has 214 valence electrons. The quantitative estimate of drug-likeness (QED) is 0.0964. The zero-order chi connectivity index (χ0) is 27.9. The Morgan fingerprint density at radius 2 is 0.789 bits per heavy atom. The molecular weight excluding hydrogens is 488 g/mol. The SMILES string of the molecule is O=C=NCCCCCCCCNC(=O)N(CCCCCCCCN=C=O)C(=O)NCCCCCCN=C=O. The van der Waals surface area contributed by atoms with Crippen LogP contribution in [0, 0.1) is 0 Å². The Hall–Kier alpha value is -3.12. The number of carbonyl (C=O) groups excluding carboxylic acids is 5. The minimum Gasteiger partial charge on any atom is -0.338 e. The van der Waals surface area contributed by atoms with Crippen molar-refractivity contribution in [3.8, 4) is 0 Å². The van der Waals surface area contributed by atoms with Crippen molar-refractivity contribution in [3.63, 3.8) is 0 Å². The van der Waals surface area contributed by atoms with Crippen LogP contribution in [0.3, 0.4) is 0 Å². The first-order chi connectivity index (χ1) is 18.7. The zero-order valence-electron chi connectivity index (χ0n) is 22.9. The molecule has 0 aromatic heterocycles. The van der Waals surface area contributed by atoms with Gasteiger partial charge >= 0.3 is 12.1 Å². The van der Waals surface area contributed by atoms with Gasteiger partial charge in [0.05, 0.1) is 19.6 Å². The highest BCUT2D eigenvalue weighted by molar-refractivity contribution is 5.93. The Morgan fingerprint density at radius 3 is 1.16 bits per heavy atom. The maximum atomic E-state index is 12.8. The van der Waals surface area contributed by atoms with Gasteiger partial charge in [0.1, 0.15) is 0 Å². The second kappa shape index (κ2) is 28.5. The molecule has 0 unspecified atom stereocenters. The molecule has 2 N–H and O–H groups in total. The molecule has 0 bridgehead atoms. The van der Waals surface area contributed by atoms with Crippen LogP contribution in [-0.2, 0) is 14.4 Å². The van der Waals surface area contributed by atoms with Crippen molar-refractivity contribution in [2.45, 2.75) is 103 Å². The van der Waals surface area contributed by atoms with E-state index in [9.17, 15) is 24.0 Å². The van der Waals surface area contributed by atoms with Crippen LogP contribution in [0.25, 0.3) is 0 Å². The topological polar surface area (TPSA) is 150 Å². The molecule has 0 aromatic carbocycles. The standard InChI is InChI=1S/C27H46N6O5/c34-23-28-17-11-5-1-2-7-14-20-31-26(37)33(22-16-10-4-3-6-12-18-29-24-35)27(38)32-21-15-9-8-13-19-30-25-36/h1-22H2,(H,31,37)(H,32,38). The van der Waals surface area contributed by atoms with Crippen LogP contribution in [0.1, 0.15) is 103 Å². The fraction of sp³-hybridized carbons (Fsp3) is 0.815. The number of hydrogen-bond donors (Lipinski definition) is 2. The average Bonchev–Trinajstić information content (AvgIpc) is 2.92. The molecule has 0 rings (SSSR count). The number of hydrogen-bond acceptors (Lipinski definition) is 8. The Morgan fingerprint density at radius 1 is 0.474 bits per heavy atom. The molecule has 0 aliphatic carbocycles. The van der Waals surface area contributed by atoms with Gasteiger partial charge in [-0.2, -0.15) is 0 Å². The van der Waals surface area contributed by atoms with Gasteiger partial charge in [-0.15, -0.1) is 0 Å². The molecule has 11 nitrogen and oxygen atoms in total. The summed E-state index contributed by atoms with van der Waals surface area (Å²) in [6.45, 7) is 2.89. The van der Waals surface area contributed by atoms with Gasteiger partial charge in [-0.05, 0) is 38.5 Å². The van der Waals surface area contributed by atoms with E-state index in [0.717, 1.165) is 103 Å². The fourth-order valence-corrected chi connectivity index (χ4v) is 3.87. The van der Waals surface area contributed by atoms with Crippen molar-refractivity contribution in [2.75, 3.05) is 39.3 Å². The second-order valence-corrected chi connectivity index (χ2v) is 9.19. The van der Waals surface area contributed by atoms with Gasteiger partial charge in [-0.3, -0.25) is 0 Å². The van der Waals surface area contributed by atoms with Crippen LogP contribution < -0.4 is 10.6 Å². The Kier molecular flexibility index (Phi) is 26.1. The van der Waals surface area contributed by atoms with Gasteiger partial charge in [-0.25, -0.2) is 43.8 Å². The average molecular weight is 535 g/mol. The molecule has 0 saturated heterocycles. The third-order valence-electron chi connectivity index (χ3n) is 6.03. The van der Waals surface area contributed by atoms with E-state index in [1.165, 1.54) is 11.0 Å². The first-order valence-electron chi connectivity index (χ1n) is 14.1. The first kappa shape index (κ1) is 34.9. The monoisotopic (exact) mass is 534 g/mol. The van der Waals surface area contributed by atoms with Gasteiger partial charge in [-0.1, -0.05) is 64.2 Å². The Bertz CT molecular complexity index is 759. The van der Waals surface area contributed by atoms with Gasteiger partial charge < -0.3 is 10.6 Å². The van der Waals surface area contributed by atoms with Crippen molar-refractivity contribution in [2.24, 2.45) is 15.0 Å². The summed E-state index contributed by atoms with van der Waals surface area (Å²) in [6, 6.07) is -0.745. The number of imide groups is 1. The lowest BCUT2D eigenvalue weighted by Crippen LogP contribution is -2.49. The molecule has 0 aliphatic rings. The molecule has 0 aliphatic heterocycles. The van der Waals surface area contributed by atoms with Crippen molar-refractivity contribution in [1.82, 2.24) is 15.5 Å². The lowest BCUT2D eigenvalue weighted by atomic mass is 10.1. The molecule has 0 spiro atoms. The van der Waals surface area contributed by atoms with E-state index in [2.05, 4.69) is 25.6 Å². The number of nitrogens with zero attached hydrogens (tertiary/aromatic N) is 4. The van der Waals surface area contributed by atoms with Crippen LogP contribution in [0.4, 0.5) is 9.59 Å². The van der Waals surface area contributed by atoms with Crippen LogP contribution in [0.5, 0.6) is 0 Å². The van der Waals surface area contributed by atoms with E-state index < -0.39 is 0 Å². The lowest BCUT2D eigenvalue weighted by Gasteiger charge is -2.22. The molecule has 0 aromatic rings. The predicted molar refractivity (Wildman–Crippen MR) is 146 cm³/mol. The number of urea groups is 2. The van der Waals surface area contributed by atoms with Crippen molar-refractivity contribution < 1.29 is 24.0 Å². The number of nitrogens with one attached hydrogen (secondary N) is 2. The third kappa shape index (κ3) is 23.3. The molecule has 4 amide bonds. The Balaban J connectivity index is 4.32. The number of rotatable bonds is 25. The Labute approximate surface area is 227 Å².